The number of ketones is 1. The molecular weight excluding hydrogens is 214 g/mol. The Labute approximate surface area is 101 Å². The Morgan fingerprint density at radius 3 is 2.76 bits per heavy atom. The lowest BCUT2D eigenvalue weighted by atomic mass is 10.1. The van der Waals surface area contributed by atoms with E-state index in [1.165, 1.54) is 0 Å². The molecule has 1 aromatic heterocycles. The van der Waals surface area contributed by atoms with Crippen molar-refractivity contribution >= 4 is 16.7 Å². The summed E-state index contributed by atoms with van der Waals surface area (Å²) in [6.45, 7) is 4.61. The van der Waals surface area contributed by atoms with Crippen molar-refractivity contribution < 1.29 is 9.53 Å². The maximum atomic E-state index is 11.6. The van der Waals surface area contributed by atoms with Crippen LogP contribution in [0, 0.1) is 0 Å². The van der Waals surface area contributed by atoms with Crippen LogP contribution in [-0.4, -0.2) is 17.5 Å². The Morgan fingerprint density at radius 1 is 1.41 bits per heavy atom. The van der Waals surface area contributed by atoms with Crippen molar-refractivity contribution in [2.24, 2.45) is 0 Å². The predicted molar refractivity (Wildman–Crippen MR) is 68.8 cm³/mol. The molecule has 0 spiro atoms. The highest BCUT2D eigenvalue weighted by Gasteiger charge is 2.14. The zero-order valence-corrected chi connectivity index (χ0v) is 10.5. The number of methoxy groups -OCH3 is 1. The van der Waals surface area contributed by atoms with E-state index in [1.807, 2.05) is 24.4 Å². The van der Waals surface area contributed by atoms with Gasteiger partial charge in [-0.25, -0.2) is 0 Å². The highest BCUT2D eigenvalue weighted by Crippen LogP contribution is 2.30. The van der Waals surface area contributed by atoms with E-state index >= 15 is 0 Å². The summed E-state index contributed by atoms with van der Waals surface area (Å²) in [7, 11) is 1.66. The van der Waals surface area contributed by atoms with Crippen molar-refractivity contribution in [3.8, 4) is 5.75 Å². The van der Waals surface area contributed by atoms with E-state index in [4.69, 9.17) is 4.74 Å². The summed E-state index contributed by atoms with van der Waals surface area (Å²) in [6, 6.07) is 5.82. The second kappa shape index (κ2) is 4.62. The summed E-state index contributed by atoms with van der Waals surface area (Å²) in [5.41, 5.74) is 1.79. The summed E-state index contributed by atoms with van der Waals surface area (Å²) < 4.78 is 7.48. The Kier molecular flexibility index (Phi) is 3.18. The molecule has 0 atom stereocenters. The standard InChI is InChI=1S/C14H17NO2/c1-4-8-15-9-12(10(2)16)11-6-5-7-13(17-3)14(11)15/h5-7,9H,4,8H2,1-3H3. The molecule has 0 saturated carbocycles. The lowest BCUT2D eigenvalue weighted by Crippen LogP contribution is -1.96. The van der Waals surface area contributed by atoms with E-state index in [0.29, 0.717) is 0 Å². The van der Waals surface area contributed by atoms with Crippen molar-refractivity contribution in [1.29, 1.82) is 0 Å². The van der Waals surface area contributed by atoms with Gasteiger partial charge in [-0.05, 0) is 19.4 Å². The molecular formula is C14H17NO2. The maximum absolute atomic E-state index is 11.6. The van der Waals surface area contributed by atoms with Gasteiger partial charge in [-0.1, -0.05) is 19.1 Å². The molecule has 0 fully saturated rings. The van der Waals surface area contributed by atoms with Gasteiger partial charge in [-0.15, -0.1) is 0 Å². The normalized spacial score (nSPS) is 10.8. The number of benzene rings is 1. The van der Waals surface area contributed by atoms with Crippen molar-refractivity contribution in [3.05, 3.63) is 30.0 Å². The van der Waals surface area contributed by atoms with Crippen LogP contribution >= 0.6 is 0 Å². The van der Waals surface area contributed by atoms with Crippen LogP contribution in [0.3, 0.4) is 0 Å². The number of para-hydroxylation sites is 1. The van der Waals surface area contributed by atoms with E-state index in [2.05, 4.69) is 11.5 Å². The number of fused-ring (bicyclic) bond motifs is 1. The van der Waals surface area contributed by atoms with Gasteiger partial charge in [0.1, 0.15) is 5.75 Å². The van der Waals surface area contributed by atoms with Crippen LogP contribution in [-0.2, 0) is 6.54 Å². The van der Waals surface area contributed by atoms with Crippen molar-refractivity contribution in [2.75, 3.05) is 7.11 Å². The van der Waals surface area contributed by atoms with Gasteiger partial charge in [0.15, 0.2) is 5.78 Å². The molecule has 0 N–H and O–H groups in total. The second-order valence-electron chi connectivity index (χ2n) is 4.15. The smallest absolute Gasteiger partial charge is 0.161 e. The molecule has 1 aromatic carbocycles. The zero-order chi connectivity index (χ0) is 12.4. The monoisotopic (exact) mass is 231 g/mol. The topological polar surface area (TPSA) is 31.2 Å². The van der Waals surface area contributed by atoms with Crippen LogP contribution in [0.4, 0.5) is 0 Å². The fraction of sp³-hybridized carbons (Fsp3) is 0.357. The maximum Gasteiger partial charge on any atom is 0.161 e. The molecule has 1 heterocycles. The minimum atomic E-state index is 0.0955. The predicted octanol–water partition coefficient (Wildman–Crippen LogP) is 3.26. The molecule has 0 aliphatic heterocycles. The number of carbonyl (C=O) groups is 1. The summed E-state index contributed by atoms with van der Waals surface area (Å²) in [6.07, 6.45) is 2.96. The third kappa shape index (κ3) is 1.93. The Hall–Kier alpha value is -1.77. The van der Waals surface area contributed by atoms with Crippen molar-refractivity contribution in [1.82, 2.24) is 4.57 Å². The molecule has 17 heavy (non-hydrogen) atoms. The number of aromatic nitrogens is 1. The summed E-state index contributed by atoms with van der Waals surface area (Å²) in [5, 5.41) is 0.977. The quantitative estimate of drug-likeness (QED) is 0.756. The molecule has 0 aliphatic rings. The molecule has 2 aromatic rings. The van der Waals surface area contributed by atoms with E-state index in [-0.39, 0.29) is 5.78 Å². The van der Waals surface area contributed by atoms with E-state index in [1.54, 1.807) is 14.0 Å². The first kappa shape index (κ1) is 11.7. The number of carbonyl (C=O) groups excluding carboxylic acids is 1. The number of aryl methyl sites for hydroxylation is 1. The lowest BCUT2D eigenvalue weighted by molar-refractivity contribution is 0.101. The first-order valence-corrected chi connectivity index (χ1v) is 5.85. The largest absolute Gasteiger partial charge is 0.495 e. The van der Waals surface area contributed by atoms with Gasteiger partial charge in [0.25, 0.3) is 0 Å². The van der Waals surface area contributed by atoms with Crippen LogP contribution in [0.2, 0.25) is 0 Å². The Morgan fingerprint density at radius 2 is 2.18 bits per heavy atom. The van der Waals surface area contributed by atoms with Gasteiger partial charge in [-0.3, -0.25) is 4.79 Å². The van der Waals surface area contributed by atoms with E-state index < -0.39 is 0 Å². The number of rotatable bonds is 4. The molecule has 3 nitrogen and oxygen atoms in total. The summed E-state index contributed by atoms with van der Waals surface area (Å²) >= 11 is 0. The third-order valence-electron chi connectivity index (χ3n) is 2.93. The third-order valence-corrected chi connectivity index (χ3v) is 2.93. The van der Waals surface area contributed by atoms with Crippen LogP contribution in [0.5, 0.6) is 5.75 Å². The molecule has 90 valence electrons. The Balaban J connectivity index is 2.76. The van der Waals surface area contributed by atoms with Crippen LogP contribution in [0.15, 0.2) is 24.4 Å². The van der Waals surface area contributed by atoms with Crippen LogP contribution < -0.4 is 4.74 Å². The number of hydrogen-bond donors (Lipinski definition) is 0. The number of Topliss-reactive ketones (excluding diaryl/α,β-unsaturated/α-hetero) is 1. The van der Waals surface area contributed by atoms with Crippen molar-refractivity contribution in [3.63, 3.8) is 0 Å². The molecule has 0 aliphatic carbocycles. The molecule has 0 unspecified atom stereocenters. The van der Waals surface area contributed by atoms with E-state index in [0.717, 1.165) is 35.2 Å². The highest BCUT2D eigenvalue weighted by atomic mass is 16.5. The molecule has 2 rings (SSSR count). The molecule has 0 bridgehead atoms. The van der Waals surface area contributed by atoms with Gasteiger partial charge in [0.05, 0.1) is 12.6 Å². The van der Waals surface area contributed by atoms with Gasteiger partial charge in [-0.2, -0.15) is 0 Å². The molecule has 3 heteroatoms. The fourth-order valence-corrected chi connectivity index (χ4v) is 2.19. The summed E-state index contributed by atoms with van der Waals surface area (Å²) in [5.74, 6) is 0.918. The van der Waals surface area contributed by atoms with Gasteiger partial charge < -0.3 is 9.30 Å². The minimum Gasteiger partial charge on any atom is -0.495 e. The van der Waals surface area contributed by atoms with Crippen LogP contribution in [0.25, 0.3) is 10.9 Å². The van der Waals surface area contributed by atoms with E-state index in [9.17, 15) is 4.79 Å². The van der Waals surface area contributed by atoms with Gasteiger partial charge in [0.2, 0.25) is 0 Å². The number of hydrogen-bond acceptors (Lipinski definition) is 2. The average molecular weight is 231 g/mol. The zero-order valence-electron chi connectivity index (χ0n) is 10.5. The fourth-order valence-electron chi connectivity index (χ4n) is 2.19. The van der Waals surface area contributed by atoms with Crippen LogP contribution in [0.1, 0.15) is 30.6 Å². The second-order valence-corrected chi connectivity index (χ2v) is 4.15. The molecule has 0 amide bonds. The number of nitrogens with zero attached hydrogens (tertiary/aromatic N) is 1. The van der Waals surface area contributed by atoms with Gasteiger partial charge >= 0.3 is 0 Å². The number of ether oxygens (including phenoxy) is 1. The average Bonchev–Trinajstić information content (AvgIpc) is 2.69. The first-order chi connectivity index (χ1) is 8.19. The molecule has 0 radical (unpaired) electrons. The minimum absolute atomic E-state index is 0.0955. The SMILES string of the molecule is CCCn1cc(C(C)=O)c2cccc(OC)c21. The van der Waals surface area contributed by atoms with Crippen molar-refractivity contribution in [2.45, 2.75) is 26.8 Å². The van der Waals surface area contributed by atoms with Gasteiger partial charge in [0, 0.05) is 23.7 Å². The molecule has 0 saturated heterocycles. The highest BCUT2D eigenvalue weighted by molar-refractivity contribution is 6.08. The first-order valence-electron chi connectivity index (χ1n) is 5.85. The Bertz CT molecular complexity index is 555. The summed E-state index contributed by atoms with van der Waals surface area (Å²) in [4.78, 5) is 11.6. The lowest BCUT2D eigenvalue weighted by Gasteiger charge is -2.07.